The molecule has 2 rings (SSSR count). The lowest BCUT2D eigenvalue weighted by molar-refractivity contribution is 0.604. The Morgan fingerprint density at radius 3 is 2.94 bits per heavy atom. The number of aromatic nitrogens is 4. The summed E-state index contributed by atoms with van der Waals surface area (Å²) in [5.74, 6) is 0.911. The van der Waals surface area contributed by atoms with E-state index in [2.05, 4.69) is 45.1 Å². The smallest absolute Gasteiger partial charge is 0.203 e. The van der Waals surface area contributed by atoms with Crippen molar-refractivity contribution in [3.8, 4) is 0 Å². The number of aryl methyl sites for hydroxylation is 1. The molecule has 0 bridgehead atoms. The van der Waals surface area contributed by atoms with E-state index in [1.807, 2.05) is 19.3 Å². The van der Waals surface area contributed by atoms with Gasteiger partial charge >= 0.3 is 0 Å². The van der Waals surface area contributed by atoms with Crippen LogP contribution in [0.4, 0.5) is 5.95 Å². The van der Waals surface area contributed by atoms with Crippen LogP contribution in [0.15, 0.2) is 18.6 Å². The molecule has 0 saturated heterocycles. The van der Waals surface area contributed by atoms with E-state index in [0.717, 1.165) is 23.8 Å². The summed E-state index contributed by atoms with van der Waals surface area (Å²) in [5, 5.41) is 10.0. The minimum atomic E-state index is 0.410. The second-order valence-electron chi connectivity index (χ2n) is 4.17. The van der Waals surface area contributed by atoms with Gasteiger partial charge < -0.3 is 9.88 Å². The maximum absolute atomic E-state index is 4.45. The lowest BCUT2D eigenvalue weighted by Gasteiger charge is -2.11. The third-order valence-electron chi connectivity index (χ3n) is 2.41. The Bertz CT molecular complexity index is 441. The Balaban J connectivity index is 2.09. The number of H-pyrrole nitrogens is 1. The van der Waals surface area contributed by atoms with Crippen LogP contribution >= 0.6 is 0 Å². The van der Waals surface area contributed by atoms with Crippen molar-refractivity contribution in [1.29, 1.82) is 0 Å². The molecule has 0 aliphatic rings. The van der Waals surface area contributed by atoms with Gasteiger partial charge in [0.05, 0.1) is 11.9 Å². The third-order valence-corrected chi connectivity index (χ3v) is 2.41. The number of nitrogens with one attached hydrogen (secondary N) is 2. The van der Waals surface area contributed by atoms with E-state index in [4.69, 9.17) is 0 Å². The molecule has 0 amide bonds. The normalized spacial score (nSPS) is 11.0. The molecule has 0 unspecified atom stereocenters. The van der Waals surface area contributed by atoms with E-state index >= 15 is 0 Å². The molecular formula is C11H17N5. The first-order chi connectivity index (χ1) is 7.66. The molecule has 0 fully saturated rings. The molecule has 0 atom stereocenters. The number of imidazole rings is 1. The van der Waals surface area contributed by atoms with Crippen molar-refractivity contribution in [3.05, 3.63) is 29.8 Å². The van der Waals surface area contributed by atoms with Crippen molar-refractivity contribution in [2.24, 2.45) is 0 Å². The van der Waals surface area contributed by atoms with Crippen molar-refractivity contribution in [2.75, 3.05) is 5.32 Å². The first-order valence-electron chi connectivity index (χ1n) is 5.44. The number of anilines is 1. The van der Waals surface area contributed by atoms with Gasteiger partial charge in [0.2, 0.25) is 5.95 Å². The Morgan fingerprint density at radius 1 is 1.50 bits per heavy atom. The molecule has 2 aromatic heterocycles. The first kappa shape index (κ1) is 10.7. The van der Waals surface area contributed by atoms with Crippen molar-refractivity contribution in [3.63, 3.8) is 0 Å². The molecule has 86 valence electrons. The molecular weight excluding hydrogens is 202 g/mol. The number of aromatic amines is 1. The SMILES string of the molecule is Cc1cn(C(C)C)c(NCc2cn[nH]c2)n1. The van der Waals surface area contributed by atoms with Crippen LogP contribution < -0.4 is 5.32 Å². The van der Waals surface area contributed by atoms with Gasteiger partial charge in [-0.05, 0) is 20.8 Å². The zero-order chi connectivity index (χ0) is 11.5. The van der Waals surface area contributed by atoms with E-state index in [0.29, 0.717) is 6.04 Å². The van der Waals surface area contributed by atoms with Gasteiger partial charge in [0, 0.05) is 30.5 Å². The Morgan fingerprint density at radius 2 is 2.31 bits per heavy atom. The lowest BCUT2D eigenvalue weighted by Crippen LogP contribution is -2.08. The highest BCUT2D eigenvalue weighted by Gasteiger charge is 2.07. The fourth-order valence-electron chi connectivity index (χ4n) is 1.60. The van der Waals surface area contributed by atoms with Gasteiger partial charge in [-0.15, -0.1) is 0 Å². The van der Waals surface area contributed by atoms with E-state index in [9.17, 15) is 0 Å². The Labute approximate surface area is 94.9 Å². The maximum Gasteiger partial charge on any atom is 0.203 e. The van der Waals surface area contributed by atoms with E-state index in [-0.39, 0.29) is 0 Å². The largest absolute Gasteiger partial charge is 0.351 e. The summed E-state index contributed by atoms with van der Waals surface area (Å²) in [6.07, 6.45) is 5.74. The quantitative estimate of drug-likeness (QED) is 0.828. The predicted molar refractivity (Wildman–Crippen MR) is 63.3 cm³/mol. The van der Waals surface area contributed by atoms with Gasteiger partial charge in [-0.2, -0.15) is 5.10 Å². The van der Waals surface area contributed by atoms with Crippen LogP contribution in [0.2, 0.25) is 0 Å². The topological polar surface area (TPSA) is 58.5 Å². The summed E-state index contributed by atoms with van der Waals surface area (Å²) in [5.41, 5.74) is 2.15. The second-order valence-corrected chi connectivity index (χ2v) is 4.17. The van der Waals surface area contributed by atoms with Crippen LogP contribution in [0, 0.1) is 6.92 Å². The molecule has 0 aliphatic carbocycles. The zero-order valence-electron chi connectivity index (χ0n) is 9.86. The summed E-state index contributed by atoms with van der Waals surface area (Å²) < 4.78 is 2.13. The van der Waals surface area contributed by atoms with Gasteiger partial charge in [0.15, 0.2) is 0 Å². The summed E-state index contributed by atoms with van der Waals surface area (Å²) in [7, 11) is 0. The average Bonchev–Trinajstić information content (AvgIpc) is 2.83. The Kier molecular flexibility index (Phi) is 2.94. The highest BCUT2D eigenvalue weighted by Crippen LogP contribution is 2.15. The molecule has 5 heteroatoms. The molecule has 0 radical (unpaired) electrons. The molecule has 2 N–H and O–H groups in total. The monoisotopic (exact) mass is 219 g/mol. The molecule has 0 aliphatic heterocycles. The molecule has 16 heavy (non-hydrogen) atoms. The van der Waals surface area contributed by atoms with Crippen LogP contribution in [0.1, 0.15) is 31.1 Å². The van der Waals surface area contributed by atoms with Crippen LogP contribution in [0.3, 0.4) is 0 Å². The summed E-state index contributed by atoms with van der Waals surface area (Å²) in [6, 6.07) is 0.410. The lowest BCUT2D eigenvalue weighted by atomic mass is 10.3. The number of hydrogen-bond acceptors (Lipinski definition) is 3. The maximum atomic E-state index is 4.45. The third kappa shape index (κ3) is 2.24. The number of hydrogen-bond donors (Lipinski definition) is 2. The molecule has 0 spiro atoms. The molecule has 2 aromatic rings. The minimum Gasteiger partial charge on any atom is -0.351 e. The fourth-order valence-corrected chi connectivity index (χ4v) is 1.60. The van der Waals surface area contributed by atoms with Crippen LogP contribution in [0.5, 0.6) is 0 Å². The van der Waals surface area contributed by atoms with E-state index in [1.165, 1.54) is 0 Å². The van der Waals surface area contributed by atoms with Crippen LogP contribution in [0.25, 0.3) is 0 Å². The van der Waals surface area contributed by atoms with Gasteiger partial charge in [0.1, 0.15) is 0 Å². The summed E-state index contributed by atoms with van der Waals surface area (Å²) in [4.78, 5) is 4.45. The average molecular weight is 219 g/mol. The highest BCUT2D eigenvalue weighted by atomic mass is 15.2. The van der Waals surface area contributed by atoms with Crippen molar-refractivity contribution < 1.29 is 0 Å². The summed E-state index contributed by atoms with van der Waals surface area (Å²) in [6.45, 7) is 7.02. The fraction of sp³-hybridized carbons (Fsp3) is 0.455. The molecule has 2 heterocycles. The van der Waals surface area contributed by atoms with E-state index in [1.54, 1.807) is 0 Å². The number of nitrogens with zero attached hydrogens (tertiary/aromatic N) is 3. The molecule has 0 saturated carbocycles. The van der Waals surface area contributed by atoms with Crippen LogP contribution in [-0.4, -0.2) is 19.7 Å². The van der Waals surface area contributed by atoms with E-state index < -0.39 is 0 Å². The zero-order valence-corrected chi connectivity index (χ0v) is 9.86. The van der Waals surface area contributed by atoms with Crippen LogP contribution in [-0.2, 0) is 6.54 Å². The molecule has 0 aromatic carbocycles. The van der Waals surface area contributed by atoms with Gasteiger partial charge in [-0.3, -0.25) is 5.10 Å². The first-order valence-corrected chi connectivity index (χ1v) is 5.44. The van der Waals surface area contributed by atoms with Gasteiger partial charge in [-0.25, -0.2) is 4.98 Å². The molecule has 5 nitrogen and oxygen atoms in total. The van der Waals surface area contributed by atoms with Gasteiger partial charge in [0.25, 0.3) is 0 Å². The van der Waals surface area contributed by atoms with Crippen molar-refractivity contribution in [2.45, 2.75) is 33.4 Å². The second kappa shape index (κ2) is 4.38. The van der Waals surface area contributed by atoms with Crippen molar-refractivity contribution >= 4 is 5.95 Å². The van der Waals surface area contributed by atoms with Crippen molar-refractivity contribution in [1.82, 2.24) is 19.7 Å². The highest BCUT2D eigenvalue weighted by molar-refractivity contribution is 5.30. The predicted octanol–water partition coefficient (Wildman–Crippen LogP) is 2.11. The number of rotatable bonds is 4. The Hall–Kier alpha value is -1.78. The summed E-state index contributed by atoms with van der Waals surface area (Å²) >= 11 is 0. The standard InChI is InChI=1S/C11H17N5/c1-8(2)16-7-9(3)15-11(16)12-4-10-5-13-14-6-10/h5-8H,4H2,1-3H3,(H,12,15)(H,13,14). The minimum absolute atomic E-state index is 0.410. The van der Waals surface area contributed by atoms with Gasteiger partial charge in [-0.1, -0.05) is 0 Å².